The van der Waals surface area contributed by atoms with Crippen molar-refractivity contribution in [3.05, 3.63) is 63.6 Å². The van der Waals surface area contributed by atoms with Gasteiger partial charge in [-0.15, -0.1) is 0 Å². The van der Waals surface area contributed by atoms with Crippen molar-refractivity contribution in [2.24, 2.45) is 0 Å². The number of nitrogens with one attached hydrogen (secondary N) is 1. The first kappa shape index (κ1) is 20.6. The number of morpholine rings is 1. The third-order valence-electron chi connectivity index (χ3n) is 4.50. The molecule has 1 heterocycles. The molecule has 1 aliphatic heterocycles. The fourth-order valence-electron chi connectivity index (χ4n) is 2.99. The van der Waals surface area contributed by atoms with Crippen LogP contribution in [0.15, 0.2) is 47.4 Å². The van der Waals surface area contributed by atoms with Gasteiger partial charge < -0.3 is 4.74 Å². The molecule has 1 saturated heterocycles. The highest BCUT2D eigenvalue weighted by atomic mass is 35.5. The molecule has 1 unspecified atom stereocenters. The number of benzene rings is 2. The van der Waals surface area contributed by atoms with E-state index in [1.54, 1.807) is 6.07 Å². The number of hydrogen-bond acceptors (Lipinski definition) is 4. The monoisotopic (exact) mass is 428 g/mol. The quantitative estimate of drug-likeness (QED) is 0.762. The Bertz CT molecular complexity index is 882. The second kappa shape index (κ2) is 8.90. The molecular weight excluding hydrogens is 407 g/mol. The van der Waals surface area contributed by atoms with Crippen LogP contribution in [0.1, 0.15) is 17.2 Å². The van der Waals surface area contributed by atoms with Crippen molar-refractivity contribution in [2.75, 3.05) is 32.8 Å². The van der Waals surface area contributed by atoms with Crippen molar-refractivity contribution in [1.29, 1.82) is 0 Å². The summed E-state index contributed by atoms with van der Waals surface area (Å²) in [6, 6.07) is 11.8. The molecular formula is C19H22Cl2N2O3S. The molecule has 3 rings (SSSR count). The van der Waals surface area contributed by atoms with Crippen LogP contribution >= 0.6 is 23.2 Å². The van der Waals surface area contributed by atoms with Gasteiger partial charge in [0, 0.05) is 24.7 Å². The summed E-state index contributed by atoms with van der Waals surface area (Å²) in [4.78, 5) is 2.17. The second-order valence-electron chi connectivity index (χ2n) is 6.57. The zero-order chi connectivity index (χ0) is 19.4. The Hall–Kier alpha value is -1.15. The highest BCUT2D eigenvalue weighted by molar-refractivity contribution is 7.89. The molecule has 1 atom stereocenters. The zero-order valence-electron chi connectivity index (χ0n) is 15.0. The average Bonchev–Trinajstić information content (AvgIpc) is 2.64. The van der Waals surface area contributed by atoms with E-state index in [0.29, 0.717) is 24.8 Å². The van der Waals surface area contributed by atoms with Gasteiger partial charge in [0.05, 0.1) is 24.3 Å². The lowest BCUT2D eigenvalue weighted by atomic mass is 10.1. The normalized spacial score (nSPS) is 17.0. The highest BCUT2D eigenvalue weighted by Gasteiger charge is 2.26. The van der Waals surface area contributed by atoms with Gasteiger partial charge in [-0.05, 0) is 30.7 Å². The molecule has 2 aromatic rings. The predicted molar refractivity (Wildman–Crippen MR) is 108 cm³/mol. The van der Waals surface area contributed by atoms with Gasteiger partial charge in [0.2, 0.25) is 10.0 Å². The second-order valence-corrected chi connectivity index (χ2v) is 9.10. The Balaban J connectivity index is 1.89. The standard InChI is InChI=1S/C19H22Cl2N2O3S/c1-14-2-4-15(5-3-14)18(13-23-8-10-26-11-9-23)22-27(24,25)19-12-16(20)6-7-17(19)21/h2-7,12,18,22H,8-11,13H2,1H3. The van der Waals surface area contributed by atoms with Gasteiger partial charge in [-0.25, -0.2) is 13.1 Å². The van der Waals surface area contributed by atoms with Crippen LogP contribution in [0, 0.1) is 6.92 Å². The van der Waals surface area contributed by atoms with E-state index in [1.807, 2.05) is 31.2 Å². The number of ether oxygens (including phenoxy) is 1. The SMILES string of the molecule is Cc1ccc(C(CN2CCOCC2)NS(=O)(=O)c2cc(Cl)ccc2Cl)cc1. The molecule has 8 heteroatoms. The zero-order valence-corrected chi connectivity index (χ0v) is 17.3. The summed E-state index contributed by atoms with van der Waals surface area (Å²) in [5, 5.41) is 0.459. The fourth-order valence-corrected chi connectivity index (χ4v) is 4.96. The van der Waals surface area contributed by atoms with Gasteiger partial charge in [0.15, 0.2) is 0 Å². The molecule has 0 amide bonds. The molecule has 0 radical (unpaired) electrons. The first-order chi connectivity index (χ1) is 12.8. The maximum absolute atomic E-state index is 13.0. The predicted octanol–water partition coefficient (Wildman–Crippen LogP) is 3.65. The van der Waals surface area contributed by atoms with Crippen molar-refractivity contribution in [1.82, 2.24) is 9.62 Å². The lowest BCUT2D eigenvalue weighted by Gasteiger charge is -2.31. The minimum absolute atomic E-state index is 0.0178. The Morgan fingerprint density at radius 2 is 1.78 bits per heavy atom. The molecule has 0 saturated carbocycles. The van der Waals surface area contributed by atoms with E-state index in [9.17, 15) is 8.42 Å². The Labute approximate surface area is 170 Å². The summed E-state index contributed by atoms with van der Waals surface area (Å²) in [7, 11) is -3.85. The maximum atomic E-state index is 13.0. The topological polar surface area (TPSA) is 58.6 Å². The molecule has 0 spiro atoms. The number of sulfonamides is 1. The van der Waals surface area contributed by atoms with Crippen molar-refractivity contribution in [2.45, 2.75) is 17.9 Å². The summed E-state index contributed by atoms with van der Waals surface area (Å²) in [5.74, 6) is 0. The number of nitrogens with zero attached hydrogens (tertiary/aromatic N) is 1. The molecule has 1 N–H and O–H groups in total. The van der Waals surface area contributed by atoms with Crippen molar-refractivity contribution in [3.8, 4) is 0 Å². The molecule has 1 aliphatic rings. The van der Waals surface area contributed by atoms with Crippen molar-refractivity contribution in [3.63, 3.8) is 0 Å². The lowest BCUT2D eigenvalue weighted by Crippen LogP contribution is -2.43. The molecule has 27 heavy (non-hydrogen) atoms. The van der Waals surface area contributed by atoms with E-state index in [4.69, 9.17) is 27.9 Å². The van der Waals surface area contributed by atoms with Crippen LogP contribution in [-0.4, -0.2) is 46.2 Å². The Morgan fingerprint density at radius 1 is 1.11 bits per heavy atom. The number of hydrogen-bond donors (Lipinski definition) is 1. The largest absolute Gasteiger partial charge is 0.379 e. The summed E-state index contributed by atoms with van der Waals surface area (Å²) >= 11 is 12.1. The van der Waals surface area contributed by atoms with Crippen molar-refractivity contribution < 1.29 is 13.2 Å². The van der Waals surface area contributed by atoms with E-state index in [1.165, 1.54) is 12.1 Å². The smallest absolute Gasteiger partial charge is 0.242 e. The van der Waals surface area contributed by atoms with Crippen LogP contribution in [0.2, 0.25) is 10.0 Å². The molecule has 146 valence electrons. The van der Waals surface area contributed by atoms with Crippen LogP contribution < -0.4 is 4.72 Å². The van der Waals surface area contributed by atoms with E-state index >= 15 is 0 Å². The molecule has 5 nitrogen and oxygen atoms in total. The van der Waals surface area contributed by atoms with Gasteiger partial charge in [0.25, 0.3) is 0 Å². The third kappa shape index (κ3) is 5.44. The van der Waals surface area contributed by atoms with Gasteiger partial charge in [-0.1, -0.05) is 53.0 Å². The van der Waals surface area contributed by atoms with E-state index in [-0.39, 0.29) is 9.92 Å². The first-order valence-corrected chi connectivity index (χ1v) is 10.9. The molecule has 0 aliphatic carbocycles. The maximum Gasteiger partial charge on any atom is 0.242 e. The minimum Gasteiger partial charge on any atom is -0.379 e. The Kier molecular flexibility index (Phi) is 6.78. The van der Waals surface area contributed by atoms with E-state index in [2.05, 4.69) is 9.62 Å². The molecule has 1 fully saturated rings. The molecule has 0 aromatic heterocycles. The highest BCUT2D eigenvalue weighted by Crippen LogP contribution is 2.27. The van der Waals surface area contributed by atoms with Gasteiger partial charge >= 0.3 is 0 Å². The van der Waals surface area contributed by atoms with Crippen LogP contribution in [-0.2, 0) is 14.8 Å². The van der Waals surface area contributed by atoms with Crippen molar-refractivity contribution >= 4 is 33.2 Å². The number of rotatable bonds is 6. The van der Waals surface area contributed by atoms with Gasteiger partial charge in [0.1, 0.15) is 4.90 Å². The summed E-state index contributed by atoms with van der Waals surface area (Å²) in [6.45, 7) is 5.37. The molecule has 2 aromatic carbocycles. The van der Waals surface area contributed by atoms with Crippen LogP contribution in [0.4, 0.5) is 0 Å². The van der Waals surface area contributed by atoms with Crippen LogP contribution in [0.3, 0.4) is 0 Å². The fraction of sp³-hybridized carbons (Fsp3) is 0.368. The summed E-state index contributed by atoms with van der Waals surface area (Å²) in [5.41, 5.74) is 2.01. The van der Waals surface area contributed by atoms with Crippen LogP contribution in [0.25, 0.3) is 0 Å². The minimum atomic E-state index is -3.85. The third-order valence-corrected chi connectivity index (χ3v) is 6.69. The van der Waals surface area contributed by atoms with Gasteiger partial charge in [-0.3, -0.25) is 4.90 Å². The number of halogens is 2. The summed E-state index contributed by atoms with van der Waals surface area (Å²) in [6.07, 6.45) is 0. The van der Waals surface area contributed by atoms with Crippen LogP contribution in [0.5, 0.6) is 0 Å². The number of aryl methyl sites for hydroxylation is 1. The summed E-state index contributed by atoms with van der Waals surface area (Å²) < 4.78 is 34.2. The molecule has 0 bridgehead atoms. The average molecular weight is 429 g/mol. The Morgan fingerprint density at radius 3 is 2.44 bits per heavy atom. The van der Waals surface area contributed by atoms with Gasteiger partial charge in [-0.2, -0.15) is 0 Å². The van der Waals surface area contributed by atoms with E-state index in [0.717, 1.165) is 24.2 Å². The lowest BCUT2D eigenvalue weighted by molar-refractivity contribution is 0.0345. The first-order valence-electron chi connectivity index (χ1n) is 8.69. The van der Waals surface area contributed by atoms with E-state index < -0.39 is 16.1 Å².